The molecule has 0 saturated carbocycles. The molecular weight excluding hydrogens is 444 g/mol. The largest absolute Gasteiger partial charge is 0.463 e. The maximum Gasteiger partial charge on any atom is 0.330 e. The molecule has 0 saturated heterocycles. The minimum absolute atomic E-state index is 0.145. The fourth-order valence-corrected chi connectivity index (χ4v) is 2.75. The highest BCUT2D eigenvalue weighted by Gasteiger charge is 2.02. The second-order valence-electron chi connectivity index (χ2n) is 7.53. The van der Waals surface area contributed by atoms with Gasteiger partial charge in [0.05, 0.1) is 66.1 Å². The number of rotatable bonds is 27. The highest BCUT2D eigenvalue weighted by molar-refractivity contribution is 5.81. The van der Waals surface area contributed by atoms with Gasteiger partial charge in [0.1, 0.15) is 13.2 Å². The quantitative estimate of drug-likeness (QED) is 0.0973. The summed E-state index contributed by atoms with van der Waals surface area (Å²) in [7, 11) is 0. The van der Waals surface area contributed by atoms with Crippen molar-refractivity contribution >= 4 is 11.9 Å². The van der Waals surface area contributed by atoms with Crippen molar-refractivity contribution < 1.29 is 42.7 Å². The molecule has 0 bridgehead atoms. The Morgan fingerprint density at radius 3 is 1.38 bits per heavy atom. The highest BCUT2D eigenvalue weighted by atomic mass is 16.6. The van der Waals surface area contributed by atoms with Gasteiger partial charge in [0.15, 0.2) is 0 Å². The van der Waals surface area contributed by atoms with E-state index in [0.29, 0.717) is 72.5 Å². The van der Waals surface area contributed by atoms with E-state index in [1.807, 2.05) is 0 Å². The summed E-state index contributed by atoms with van der Waals surface area (Å²) in [4.78, 5) is 22.4. The summed E-state index contributed by atoms with van der Waals surface area (Å²) < 4.78 is 36.7. The van der Waals surface area contributed by atoms with E-state index in [1.54, 1.807) is 0 Å². The molecule has 0 aliphatic carbocycles. The Morgan fingerprint density at radius 1 is 0.559 bits per heavy atom. The average Bonchev–Trinajstić information content (AvgIpc) is 2.84. The van der Waals surface area contributed by atoms with Gasteiger partial charge in [0.25, 0.3) is 0 Å². The van der Waals surface area contributed by atoms with Gasteiger partial charge in [0.2, 0.25) is 0 Å². The summed E-state index contributed by atoms with van der Waals surface area (Å²) in [5.41, 5.74) is 0. The van der Waals surface area contributed by atoms with E-state index in [0.717, 1.165) is 18.9 Å². The molecule has 0 spiro atoms. The Morgan fingerprint density at radius 2 is 0.941 bits per heavy atom. The third kappa shape index (κ3) is 26.7. The predicted molar refractivity (Wildman–Crippen MR) is 129 cm³/mol. The maximum absolute atomic E-state index is 11.6. The Hall–Kier alpha value is -1.52. The molecule has 0 aliphatic heterocycles. The molecule has 0 radical (unpaired) electrons. The van der Waals surface area contributed by atoms with Crippen molar-refractivity contribution in [3.05, 3.63) is 12.7 Å². The van der Waals surface area contributed by atoms with Crippen molar-refractivity contribution in [2.24, 2.45) is 0 Å². The minimum Gasteiger partial charge on any atom is -0.463 e. The number of carbonyl (C=O) groups is 2. The molecule has 0 atom stereocenters. The summed E-state index contributed by atoms with van der Waals surface area (Å²) in [6.45, 7) is 10.4. The number of hydrogen-bond donors (Lipinski definition) is 0. The van der Waals surface area contributed by atoms with Crippen molar-refractivity contribution in [2.75, 3.05) is 79.3 Å². The monoisotopic (exact) mass is 490 g/mol. The van der Waals surface area contributed by atoms with Crippen LogP contribution in [0.1, 0.15) is 58.3 Å². The van der Waals surface area contributed by atoms with E-state index in [4.69, 9.17) is 33.2 Å². The van der Waals surface area contributed by atoms with Crippen LogP contribution in [-0.2, 0) is 42.7 Å². The normalized spacial score (nSPS) is 10.9. The third-order valence-electron chi connectivity index (χ3n) is 4.60. The van der Waals surface area contributed by atoms with Crippen molar-refractivity contribution in [1.82, 2.24) is 0 Å². The predicted octanol–water partition coefficient (Wildman–Crippen LogP) is 3.48. The smallest absolute Gasteiger partial charge is 0.330 e. The zero-order chi connectivity index (χ0) is 25.0. The lowest BCUT2D eigenvalue weighted by atomic mass is 10.1. The molecule has 0 rings (SSSR count). The highest BCUT2D eigenvalue weighted by Crippen LogP contribution is 2.08. The molecular formula is C25H46O9. The summed E-state index contributed by atoms with van der Waals surface area (Å²) in [6, 6.07) is 0. The first kappa shape index (κ1) is 32.5. The lowest BCUT2D eigenvalue weighted by Crippen LogP contribution is -2.15. The molecule has 34 heavy (non-hydrogen) atoms. The van der Waals surface area contributed by atoms with Crippen LogP contribution in [0.25, 0.3) is 0 Å². The van der Waals surface area contributed by atoms with Crippen LogP contribution in [0.5, 0.6) is 0 Å². The van der Waals surface area contributed by atoms with Gasteiger partial charge in [-0.2, -0.15) is 0 Å². The average molecular weight is 491 g/mol. The van der Waals surface area contributed by atoms with Crippen molar-refractivity contribution in [3.8, 4) is 0 Å². The van der Waals surface area contributed by atoms with Crippen LogP contribution in [-0.4, -0.2) is 91.2 Å². The fourth-order valence-electron chi connectivity index (χ4n) is 2.75. The Kier molecular flexibility index (Phi) is 26.5. The van der Waals surface area contributed by atoms with Crippen LogP contribution in [0.2, 0.25) is 0 Å². The lowest BCUT2D eigenvalue weighted by Gasteiger charge is -2.08. The van der Waals surface area contributed by atoms with Crippen LogP contribution in [0, 0.1) is 0 Å². The molecule has 0 aromatic rings. The van der Waals surface area contributed by atoms with Gasteiger partial charge in [-0.15, -0.1) is 0 Å². The van der Waals surface area contributed by atoms with Gasteiger partial charge in [-0.25, -0.2) is 4.79 Å². The second-order valence-corrected chi connectivity index (χ2v) is 7.53. The molecule has 0 fully saturated rings. The molecule has 0 aromatic carbocycles. The summed E-state index contributed by atoms with van der Waals surface area (Å²) in [5.74, 6) is -0.603. The molecule has 0 aliphatic rings. The van der Waals surface area contributed by atoms with Crippen molar-refractivity contribution in [3.63, 3.8) is 0 Å². The van der Waals surface area contributed by atoms with Crippen LogP contribution in [0.4, 0.5) is 0 Å². The summed E-state index contributed by atoms with van der Waals surface area (Å²) >= 11 is 0. The summed E-state index contributed by atoms with van der Waals surface area (Å²) in [5, 5.41) is 0. The first-order chi connectivity index (χ1) is 16.7. The molecule has 0 N–H and O–H groups in total. The summed E-state index contributed by atoms with van der Waals surface area (Å²) in [6.07, 6.45) is 9.90. The number of unbranched alkanes of at least 4 members (excludes halogenated alkanes) is 6. The van der Waals surface area contributed by atoms with Gasteiger partial charge < -0.3 is 33.2 Å². The van der Waals surface area contributed by atoms with Gasteiger partial charge >= 0.3 is 11.9 Å². The Labute approximate surface area is 205 Å². The Bertz CT molecular complexity index is 471. The topological polar surface area (TPSA) is 98.8 Å². The van der Waals surface area contributed by atoms with Gasteiger partial charge in [-0.05, 0) is 6.42 Å². The third-order valence-corrected chi connectivity index (χ3v) is 4.60. The molecule has 0 amide bonds. The first-order valence-corrected chi connectivity index (χ1v) is 12.5. The SMILES string of the molecule is C=CC(=O)OCCOCCOCCOCCOCCOCCOC(=O)CCCCCCCCC. The lowest BCUT2D eigenvalue weighted by molar-refractivity contribution is -0.145. The van der Waals surface area contributed by atoms with Gasteiger partial charge in [-0.3, -0.25) is 4.79 Å². The van der Waals surface area contributed by atoms with E-state index in [9.17, 15) is 9.59 Å². The first-order valence-electron chi connectivity index (χ1n) is 12.5. The van der Waals surface area contributed by atoms with E-state index in [1.165, 1.54) is 32.1 Å². The Balaban J connectivity index is 3.14. The van der Waals surface area contributed by atoms with Crippen LogP contribution >= 0.6 is 0 Å². The van der Waals surface area contributed by atoms with E-state index in [-0.39, 0.29) is 19.2 Å². The molecule has 0 unspecified atom stereocenters. The second kappa shape index (κ2) is 27.7. The zero-order valence-electron chi connectivity index (χ0n) is 21.1. The number of hydrogen-bond acceptors (Lipinski definition) is 9. The standard InChI is InChI=1S/C25H46O9/c1-3-5-6-7-8-9-10-11-25(27)34-23-21-32-19-17-30-15-13-28-12-14-29-16-18-31-20-22-33-24(26)4-2/h4H,2-3,5-23H2,1H3. The van der Waals surface area contributed by atoms with Crippen LogP contribution < -0.4 is 0 Å². The zero-order valence-corrected chi connectivity index (χ0v) is 21.1. The fraction of sp³-hybridized carbons (Fsp3) is 0.840. The van der Waals surface area contributed by atoms with Crippen LogP contribution in [0.15, 0.2) is 12.7 Å². The van der Waals surface area contributed by atoms with Crippen molar-refractivity contribution in [1.29, 1.82) is 0 Å². The molecule has 9 heteroatoms. The van der Waals surface area contributed by atoms with Gasteiger partial charge in [-0.1, -0.05) is 52.0 Å². The number of ether oxygens (including phenoxy) is 7. The van der Waals surface area contributed by atoms with E-state index < -0.39 is 5.97 Å². The van der Waals surface area contributed by atoms with Gasteiger partial charge in [0, 0.05) is 12.5 Å². The van der Waals surface area contributed by atoms with Crippen LogP contribution in [0.3, 0.4) is 0 Å². The molecule has 200 valence electrons. The maximum atomic E-state index is 11.6. The molecule has 0 heterocycles. The van der Waals surface area contributed by atoms with E-state index in [2.05, 4.69) is 13.5 Å². The molecule has 9 nitrogen and oxygen atoms in total. The molecule has 0 aromatic heterocycles. The minimum atomic E-state index is -0.458. The van der Waals surface area contributed by atoms with E-state index >= 15 is 0 Å². The van der Waals surface area contributed by atoms with Crippen molar-refractivity contribution in [2.45, 2.75) is 58.3 Å². The number of carbonyl (C=O) groups excluding carboxylic acids is 2. The number of esters is 2.